The van der Waals surface area contributed by atoms with Crippen LogP contribution in [0.4, 0.5) is 0 Å². The summed E-state index contributed by atoms with van der Waals surface area (Å²) >= 11 is 0. The molecule has 3 rings (SSSR count). The molecular weight excluding hydrogens is 348 g/mol. The first-order valence-electron chi connectivity index (χ1n) is 9.19. The minimum absolute atomic E-state index is 0. The topological polar surface area (TPSA) is 59.0 Å². The number of carbonyl (C=O) groups is 1. The van der Waals surface area contributed by atoms with Crippen LogP contribution in [0.5, 0.6) is 0 Å². The average Bonchev–Trinajstić information content (AvgIpc) is 3.04. The highest BCUT2D eigenvalue weighted by Gasteiger charge is 2.27. The van der Waals surface area contributed by atoms with Crippen molar-refractivity contribution < 1.29 is 4.79 Å². The smallest absolute Gasteiger partial charge is 0.254 e. The van der Waals surface area contributed by atoms with E-state index in [2.05, 4.69) is 41.7 Å². The quantitative estimate of drug-likeness (QED) is 0.814. The minimum Gasteiger partial charge on any atom is -0.351 e. The van der Waals surface area contributed by atoms with Crippen molar-refractivity contribution in [3.63, 3.8) is 0 Å². The number of rotatable bonds is 6. The number of hydrogen-bond donors (Lipinski definition) is 2. The van der Waals surface area contributed by atoms with Gasteiger partial charge in [-0.15, -0.1) is 12.4 Å². The van der Waals surface area contributed by atoms with Crippen molar-refractivity contribution in [2.75, 3.05) is 19.6 Å². The van der Waals surface area contributed by atoms with Gasteiger partial charge in [-0.25, -0.2) is 0 Å². The molecule has 1 fully saturated rings. The zero-order valence-electron chi connectivity index (χ0n) is 15.6. The Morgan fingerprint density at radius 3 is 2.62 bits per heavy atom. The van der Waals surface area contributed by atoms with E-state index < -0.39 is 0 Å². The van der Waals surface area contributed by atoms with Gasteiger partial charge in [0, 0.05) is 6.54 Å². The van der Waals surface area contributed by atoms with Crippen molar-refractivity contribution >= 4 is 18.3 Å². The van der Waals surface area contributed by atoms with Crippen molar-refractivity contribution in [3.05, 3.63) is 53.3 Å². The van der Waals surface area contributed by atoms with Crippen LogP contribution in [0.2, 0.25) is 0 Å². The van der Waals surface area contributed by atoms with Gasteiger partial charge in [-0.1, -0.05) is 44.2 Å². The molecule has 2 aromatic rings. The van der Waals surface area contributed by atoms with E-state index in [1.807, 2.05) is 22.9 Å². The number of piperidine rings is 1. The van der Waals surface area contributed by atoms with Gasteiger partial charge in [0.05, 0.1) is 24.0 Å². The molecule has 1 saturated heterocycles. The number of hydrogen-bond acceptors (Lipinski definition) is 3. The van der Waals surface area contributed by atoms with Crippen LogP contribution in [0.25, 0.3) is 0 Å². The van der Waals surface area contributed by atoms with E-state index in [0.717, 1.165) is 44.6 Å². The zero-order valence-corrected chi connectivity index (χ0v) is 16.4. The molecule has 0 radical (unpaired) electrons. The number of halogens is 1. The number of amides is 1. The third-order valence-corrected chi connectivity index (χ3v) is 5.19. The monoisotopic (exact) mass is 376 g/mol. The predicted molar refractivity (Wildman–Crippen MR) is 107 cm³/mol. The molecule has 142 valence electrons. The second-order valence-corrected chi connectivity index (χ2v) is 7.25. The molecule has 0 atom stereocenters. The van der Waals surface area contributed by atoms with Crippen LogP contribution in [0, 0.1) is 5.41 Å². The maximum Gasteiger partial charge on any atom is 0.254 e. The Bertz CT molecular complexity index is 708. The second-order valence-electron chi connectivity index (χ2n) is 7.25. The van der Waals surface area contributed by atoms with E-state index in [0.29, 0.717) is 12.1 Å². The van der Waals surface area contributed by atoms with Crippen LogP contribution < -0.4 is 10.6 Å². The van der Waals surface area contributed by atoms with Crippen LogP contribution in [-0.4, -0.2) is 35.3 Å². The summed E-state index contributed by atoms with van der Waals surface area (Å²) in [6, 6.07) is 10.2. The third kappa shape index (κ3) is 4.86. The molecule has 1 aliphatic rings. The molecular formula is C20H29ClN4O. The molecule has 1 amide bonds. The van der Waals surface area contributed by atoms with Crippen LogP contribution >= 0.6 is 12.4 Å². The molecule has 0 spiro atoms. The van der Waals surface area contributed by atoms with Gasteiger partial charge in [0.1, 0.15) is 0 Å². The van der Waals surface area contributed by atoms with E-state index >= 15 is 0 Å². The van der Waals surface area contributed by atoms with E-state index in [-0.39, 0.29) is 23.7 Å². The molecule has 2 N–H and O–H groups in total. The Balaban J connectivity index is 0.00000243. The van der Waals surface area contributed by atoms with Gasteiger partial charge in [-0.05, 0) is 43.3 Å². The molecule has 0 saturated carbocycles. The summed E-state index contributed by atoms with van der Waals surface area (Å²) in [6.07, 6.45) is 4.70. The molecule has 2 heterocycles. The summed E-state index contributed by atoms with van der Waals surface area (Å²) in [5.74, 6) is -0.00378. The zero-order chi connectivity index (χ0) is 17.7. The van der Waals surface area contributed by atoms with E-state index in [1.54, 1.807) is 6.20 Å². The van der Waals surface area contributed by atoms with Gasteiger partial charge < -0.3 is 10.6 Å². The van der Waals surface area contributed by atoms with Gasteiger partial charge in [0.15, 0.2) is 0 Å². The number of nitrogens with one attached hydrogen (secondary N) is 2. The summed E-state index contributed by atoms with van der Waals surface area (Å²) in [5, 5.41) is 11.0. The Morgan fingerprint density at radius 2 is 1.96 bits per heavy atom. The van der Waals surface area contributed by atoms with Crippen LogP contribution in [0.1, 0.15) is 48.3 Å². The van der Waals surface area contributed by atoms with Crippen LogP contribution in [0.3, 0.4) is 0 Å². The lowest BCUT2D eigenvalue weighted by Gasteiger charge is -2.34. The van der Waals surface area contributed by atoms with Crippen molar-refractivity contribution in [2.24, 2.45) is 5.41 Å². The lowest BCUT2D eigenvalue weighted by atomic mass is 9.81. The lowest BCUT2D eigenvalue weighted by Crippen LogP contribution is -2.43. The Kier molecular flexibility index (Phi) is 7.23. The van der Waals surface area contributed by atoms with Crippen molar-refractivity contribution in [1.82, 2.24) is 20.4 Å². The maximum atomic E-state index is 12.7. The molecule has 1 aromatic heterocycles. The number of nitrogens with zero attached hydrogens (tertiary/aromatic N) is 2. The summed E-state index contributed by atoms with van der Waals surface area (Å²) in [5.41, 5.74) is 3.08. The summed E-state index contributed by atoms with van der Waals surface area (Å²) < 4.78 is 1.94. The second kappa shape index (κ2) is 9.19. The molecule has 0 bridgehead atoms. The lowest BCUT2D eigenvalue weighted by molar-refractivity contribution is 0.0921. The minimum atomic E-state index is -0.00378. The molecule has 26 heavy (non-hydrogen) atoms. The molecule has 1 aromatic carbocycles. The number of carbonyl (C=O) groups excluding carboxylic acids is 1. The Hall–Kier alpha value is -1.85. The van der Waals surface area contributed by atoms with Gasteiger partial charge in [0.25, 0.3) is 5.91 Å². The summed E-state index contributed by atoms with van der Waals surface area (Å²) in [7, 11) is 0. The molecule has 6 heteroatoms. The van der Waals surface area contributed by atoms with Crippen molar-refractivity contribution in [3.8, 4) is 0 Å². The normalized spacial score (nSPS) is 15.9. The van der Waals surface area contributed by atoms with Crippen LogP contribution in [-0.2, 0) is 13.0 Å². The number of benzene rings is 1. The van der Waals surface area contributed by atoms with Crippen molar-refractivity contribution in [1.29, 1.82) is 0 Å². The van der Waals surface area contributed by atoms with E-state index in [1.165, 1.54) is 5.56 Å². The Labute approximate surface area is 162 Å². The first-order valence-corrected chi connectivity index (χ1v) is 9.19. The van der Waals surface area contributed by atoms with Gasteiger partial charge in [-0.3, -0.25) is 9.48 Å². The van der Waals surface area contributed by atoms with Crippen molar-refractivity contribution in [2.45, 2.75) is 39.7 Å². The SMILES string of the molecule is CCc1c(C(=O)NCC2(C)CCNCC2)cnn1Cc1ccccc1.Cl. The summed E-state index contributed by atoms with van der Waals surface area (Å²) in [6.45, 7) is 7.81. The fourth-order valence-corrected chi connectivity index (χ4v) is 3.46. The molecule has 1 aliphatic heterocycles. The number of aromatic nitrogens is 2. The van der Waals surface area contributed by atoms with Gasteiger partial charge in [-0.2, -0.15) is 5.10 Å². The highest BCUT2D eigenvalue weighted by Crippen LogP contribution is 2.26. The predicted octanol–water partition coefficient (Wildman–Crippen LogP) is 3.04. The van der Waals surface area contributed by atoms with Gasteiger partial charge >= 0.3 is 0 Å². The fourth-order valence-electron chi connectivity index (χ4n) is 3.46. The average molecular weight is 377 g/mol. The first kappa shape index (κ1) is 20.5. The van der Waals surface area contributed by atoms with E-state index in [9.17, 15) is 4.79 Å². The third-order valence-electron chi connectivity index (χ3n) is 5.19. The molecule has 0 unspecified atom stereocenters. The Morgan fingerprint density at radius 1 is 1.27 bits per heavy atom. The standard InChI is InChI=1S/C20H28N4O.ClH/c1-3-18-17(13-23-24(18)14-16-7-5-4-6-8-16)19(25)22-15-20(2)9-11-21-12-10-20;/h4-8,13,21H,3,9-12,14-15H2,1-2H3,(H,22,25);1H. The summed E-state index contributed by atoms with van der Waals surface area (Å²) in [4.78, 5) is 12.7. The molecule has 5 nitrogen and oxygen atoms in total. The highest BCUT2D eigenvalue weighted by molar-refractivity contribution is 5.95. The maximum absolute atomic E-state index is 12.7. The van der Waals surface area contributed by atoms with Gasteiger partial charge in [0.2, 0.25) is 0 Å². The van der Waals surface area contributed by atoms with E-state index in [4.69, 9.17) is 0 Å². The highest BCUT2D eigenvalue weighted by atomic mass is 35.5. The van der Waals surface area contributed by atoms with Crippen LogP contribution in [0.15, 0.2) is 36.5 Å². The first-order chi connectivity index (χ1) is 12.1. The largest absolute Gasteiger partial charge is 0.351 e. The molecule has 0 aliphatic carbocycles. The fraction of sp³-hybridized carbons (Fsp3) is 0.500.